The Kier molecular flexibility index (Phi) is 4.93. The Balaban J connectivity index is 1.69. The minimum Gasteiger partial charge on any atom is -0.364 e. The van der Waals surface area contributed by atoms with Crippen LogP contribution in [-0.2, 0) is 11.2 Å². The summed E-state index contributed by atoms with van der Waals surface area (Å²) in [6.07, 6.45) is 7.51. The molecule has 2 N–H and O–H groups in total. The smallest absolute Gasteiger partial charge is 0.252 e. The van der Waals surface area contributed by atoms with Crippen LogP contribution in [0, 0.1) is 0 Å². The zero-order valence-corrected chi connectivity index (χ0v) is 13.8. The summed E-state index contributed by atoms with van der Waals surface area (Å²) in [5, 5.41) is 2.67. The van der Waals surface area contributed by atoms with Gasteiger partial charge in [-0.25, -0.2) is 0 Å². The van der Waals surface area contributed by atoms with Crippen LogP contribution in [0.4, 0.5) is 0 Å². The van der Waals surface area contributed by atoms with Crippen molar-refractivity contribution in [2.75, 3.05) is 20.1 Å². The fraction of sp³-hybridized carbons (Fsp3) is 0.389. The van der Waals surface area contributed by atoms with Crippen molar-refractivity contribution in [3.05, 3.63) is 53.6 Å². The van der Waals surface area contributed by atoms with Crippen molar-refractivity contribution >= 4 is 11.8 Å². The predicted octanol–water partition coefficient (Wildman–Crippen LogP) is 1.72. The van der Waals surface area contributed by atoms with Crippen LogP contribution in [0.1, 0.15) is 40.4 Å². The van der Waals surface area contributed by atoms with Crippen molar-refractivity contribution in [1.29, 1.82) is 0 Å². The van der Waals surface area contributed by atoms with E-state index in [0.717, 1.165) is 30.6 Å². The highest BCUT2D eigenvalue weighted by Gasteiger charge is 2.28. The maximum Gasteiger partial charge on any atom is 0.252 e. The molecule has 0 aromatic carbocycles. The zero-order chi connectivity index (χ0) is 16.9. The molecule has 0 radical (unpaired) electrons. The van der Waals surface area contributed by atoms with E-state index in [1.54, 1.807) is 31.7 Å². The van der Waals surface area contributed by atoms with Gasteiger partial charge in [0.15, 0.2) is 0 Å². The average Bonchev–Trinajstić information content (AvgIpc) is 3.12. The summed E-state index contributed by atoms with van der Waals surface area (Å²) in [4.78, 5) is 33.7. The fourth-order valence-corrected chi connectivity index (χ4v) is 3.28. The minimum absolute atomic E-state index is 0.0925. The van der Waals surface area contributed by atoms with Crippen molar-refractivity contribution in [1.82, 2.24) is 20.2 Å². The molecule has 0 bridgehead atoms. The van der Waals surface area contributed by atoms with E-state index in [0.29, 0.717) is 18.5 Å². The van der Waals surface area contributed by atoms with E-state index in [1.165, 1.54) is 0 Å². The van der Waals surface area contributed by atoms with E-state index in [1.807, 2.05) is 17.0 Å². The highest BCUT2D eigenvalue weighted by atomic mass is 16.2. The third kappa shape index (κ3) is 3.48. The number of hydrogen-bond acceptors (Lipinski definition) is 3. The number of carbonyl (C=O) groups excluding carboxylic acids is 2. The molecule has 1 atom stereocenters. The van der Waals surface area contributed by atoms with Crippen molar-refractivity contribution in [2.24, 2.45) is 0 Å². The van der Waals surface area contributed by atoms with E-state index < -0.39 is 0 Å². The molecule has 6 heteroatoms. The van der Waals surface area contributed by atoms with Crippen LogP contribution in [0.5, 0.6) is 0 Å². The van der Waals surface area contributed by atoms with Crippen LogP contribution in [0.15, 0.2) is 36.8 Å². The summed E-state index contributed by atoms with van der Waals surface area (Å²) in [7, 11) is 1.63. The molecule has 1 saturated heterocycles. The van der Waals surface area contributed by atoms with Gasteiger partial charge in [0, 0.05) is 50.3 Å². The number of piperidine rings is 1. The highest BCUT2D eigenvalue weighted by Crippen LogP contribution is 2.28. The number of nitrogens with one attached hydrogen (secondary N) is 2. The first kappa shape index (κ1) is 16.2. The molecule has 2 aromatic rings. The number of aromatic amines is 1. The van der Waals surface area contributed by atoms with Crippen molar-refractivity contribution in [3.8, 4) is 0 Å². The number of carbonyl (C=O) groups is 2. The Bertz CT molecular complexity index is 711. The first-order chi connectivity index (χ1) is 11.7. The molecule has 1 unspecified atom stereocenters. The van der Waals surface area contributed by atoms with E-state index in [-0.39, 0.29) is 17.7 Å². The second-order valence-corrected chi connectivity index (χ2v) is 6.10. The number of aromatic nitrogens is 2. The average molecular weight is 326 g/mol. The second kappa shape index (κ2) is 7.29. The van der Waals surface area contributed by atoms with E-state index in [4.69, 9.17) is 0 Å². The highest BCUT2D eigenvalue weighted by molar-refractivity contribution is 5.95. The van der Waals surface area contributed by atoms with Gasteiger partial charge in [-0.15, -0.1) is 0 Å². The number of amides is 2. The summed E-state index contributed by atoms with van der Waals surface area (Å²) in [6.45, 7) is 1.41. The lowest BCUT2D eigenvalue weighted by atomic mass is 9.92. The third-order valence-corrected chi connectivity index (χ3v) is 4.51. The van der Waals surface area contributed by atoms with Gasteiger partial charge in [-0.05, 0) is 30.5 Å². The van der Waals surface area contributed by atoms with Crippen molar-refractivity contribution < 1.29 is 9.59 Å². The molecule has 3 heterocycles. The lowest BCUT2D eigenvalue weighted by Crippen LogP contribution is -2.40. The quantitative estimate of drug-likeness (QED) is 0.898. The Morgan fingerprint density at radius 2 is 2.29 bits per heavy atom. The van der Waals surface area contributed by atoms with Crippen LogP contribution < -0.4 is 5.32 Å². The van der Waals surface area contributed by atoms with Gasteiger partial charge in [0.2, 0.25) is 5.91 Å². The van der Waals surface area contributed by atoms with Gasteiger partial charge in [0.05, 0.1) is 12.0 Å². The normalized spacial score (nSPS) is 17.5. The van der Waals surface area contributed by atoms with Crippen LogP contribution >= 0.6 is 0 Å². The maximum absolute atomic E-state index is 12.6. The fourth-order valence-electron chi connectivity index (χ4n) is 3.28. The molecule has 126 valence electrons. The number of rotatable bonds is 4. The SMILES string of the molecule is CNC(=O)c1cc[nH]c1C1CCCN(C(=O)Cc2cccnc2)C1. The Labute approximate surface area is 141 Å². The second-order valence-electron chi connectivity index (χ2n) is 6.10. The van der Waals surface area contributed by atoms with Gasteiger partial charge in [-0.3, -0.25) is 14.6 Å². The molecule has 2 amide bonds. The summed E-state index contributed by atoms with van der Waals surface area (Å²) < 4.78 is 0. The standard InChI is InChI=1S/C18H22N4O2/c1-19-18(24)15-6-8-21-17(15)14-5-3-9-22(12-14)16(23)10-13-4-2-7-20-11-13/h2,4,6-8,11,14,21H,3,5,9-10,12H2,1H3,(H,19,24). The summed E-state index contributed by atoms with van der Waals surface area (Å²) in [6, 6.07) is 5.56. The van der Waals surface area contributed by atoms with Crippen LogP contribution in [0.3, 0.4) is 0 Å². The molecule has 6 nitrogen and oxygen atoms in total. The lowest BCUT2D eigenvalue weighted by molar-refractivity contribution is -0.131. The number of H-pyrrole nitrogens is 1. The van der Waals surface area contributed by atoms with Crippen LogP contribution in [0.25, 0.3) is 0 Å². The first-order valence-electron chi connectivity index (χ1n) is 8.25. The van der Waals surface area contributed by atoms with Crippen LogP contribution in [-0.4, -0.2) is 46.8 Å². The summed E-state index contributed by atoms with van der Waals surface area (Å²) in [5.74, 6) is 0.185. The maximum atomic E-state index is 12.6. The number of likely N-dealkylation sites (tertiary alicyclic amines) is 1. The van der Waals surface area contributed by atoms with Gasteiger partial charge in [0.1, 0.15) is 0 Å². The molecular weight excluding hydrogens is 304 g/mol. The van der Waals surface area contributed by atoms with E-state index in [2.05, 4.69) is 15.3 Å². The number of hydrogen-bond donors (Lipinski definition) is 2. The minimum atomic E-state index is -0.0925. The molecule has 0 aliphatic carbocycles. The molecule has 1 aliphatic rings. The molecular formula is C18H22N4O2. The Morgan fingerprint density at radius 1 is 1.42 bits per heavy atom. The molecule has 1 aliphatic heterocycles. The van der Waals surface area contributed by atoms with Gasteiger partial charge < -0.3 is 15.2 Å². The van der Waals surface area contributed by atoms with E-state index in [9.17, 15) is 9.59 Å². The molecule has 3 rings (SSSR count). The van der Waals surface area contributed by atoms with Gasteiger partial charge >= 0.3 is 0 Å². The molecule has 2 aromatic heterocycles. The molecule has 1 fully saturated rings. The molecule has 0 spiro atoms. The molecule has 24 heavy (non-hydrogen) atoms. The predicted molar refractivity (Wildman–Crippen MR) is 90.7 cm³/mol. The van der Waals surface area contributed by atoms with Gasteiger partial charge in [0.25, 0.3) is 5.91 Å². The monoisotopic (exact) mass is 326 g/mol. The zero-order valence-electron chi connectivity index (χ0n) is 13.8. The van der Waals surface area contributed by atoms with E-state index >= 15 is 0 Å². The van der Waals surface area contributed by atoms with Crippen molar-refractivity contribution in [3.63, 3.8) is 0 Å². The lowest BCUT2D eigenvalue weighted by Gasteiger charge is -2.33. The van der Waals surface area contributed by atoms with Gasteiger partial charge in [-0.2, -0.15) is 0 Å². The Hall–Kier alpha value is -2.63. The first-order valence-corrected chi connectivity index (χ1v) is 8.25. The van der Waals surface area contributed by atoms with Crippen molar-refractivity contribution in [2.45, 2.75) is 25.2 Å². The largest absolute Gasteiger partial charge is 0.364 e. The number of nitrogens with zero attached hydrogens (tertiary/aromatic N) is 2. The van der Waals surface area contributed by atoms with Gasteiger partial charge in [-0.1, -0.05) is 6.07 Å². The number of pyridine rings is 1. The summed E-state index contributed by atoms with van der Waals surface area (Å²) in [5.41, 5.74) is 2.52. The molecule has 0 saturated carbocycles. The summed E-state index contributed by atoms with van der Waals surface area (Å²) >= 11 is 0. The van der Waals surface area contributed by atoms with Crippen LogP contribution in [0.2, 0.25) is 0 Å². The topological polar surface area (TPSA) is 78.1 Å². The Morgan fingerprint density at radius 3 is 3.04 bits per heavy atom. The third-order valence-electron chi connectivity index (χ3n) is 4.51.